The van der Waals surface area contributed by atoms with Gasteiger partial charge in [0.1, 0.15) is 12.0 Å². The van der Waals surface area contributed by atoms with Crippen molar-refractivity contribution in [3.63, 3.8) is 0 Å². The molecule has 0 amide bonds. The molecule has 1 atom stereocenters. The predicted octanol–water partition coefficient (Wildman–Crippen LogP) is 3.67. The predicted molar refractivity (Wildman–Crippen MR) is 113 cm³/mol. The molecular weight excluding hydrogens is 380 g/mol. The fourth-order valence-electron chi connectivity index (χ4n) is 4.15. The van der Waals surface area contributed by atoms with Crippen LogP contribution in [0.25, 0.3) is 10.8 Å². The van der Waals surface area contributed by atoms with E-state index in [1.807, 2.05) is 55.6 Å². The summed E-state index contributed by atoms with van der Waals surface area (Å²) < 4.78 is 17.6. The zero-order chi connectivity index (χ0) is 20.5. The Bertz CT molecular complexity index is 1090. The van der Waals surface area contributed by atoms with Gasteiger partial charge < -0.3 is 14.2 Å². The first-order valence-electron chi connectivity index (χ1n) is 10.3. The van der Waals surface area contributed by atoms with Crippen molar-refractivity contribution < 1.29 is 19.0 Å². The summed E-state index contributed by atoms with van der Waals surface area (Å²) in [4.78, 5) is 19.6. The van der Waals surface area contributed by atoms with Gasteiger partial charge in [-0.2, -0.15) is 0 Å². The smallest absolute Gasteiger partial charge is 0.200 e. The maximum absolute atomic E-state index is 12.9. The average Bonchev–Trinajstić information content (AvgIpc) is 3.23. The van der Waals surface area contributed by atoms with Gasteiger partial charge in [0.05, 0.1) is 25.5 Å². The molecule has 3 aromatic rings. The molecule has 1 fully saturated rings. The highest BCUT2D eigenvalue weighted by molar-refractivity contribution is 6.00. The molecule has 0 saturated carbocycles. The van der Waals surface area contributed by atoms with E-state index in [0.717, 1.165) is 40.7 Å². The van der Waals surface area contributed by atoms with E-state index >= 15 is 0 Å². The van der Waals surface area contributed by atoms with Crippen molar-refractivity contribution in [2.24, 2.45) is 0 Å². The molecule has 3 heterocycles. The molecule has 0 spiro atoms. The summed E-state index contributed by atoms with van der Waals surface area (Å²) in [5.41, 5.74) is 3.43. The number of rotatable bonds is 5. The van der Waals surface area contributed by atoms with Crippen LogP contribution in [0.15, 0.2) is 48.7 Å². The number of morpholine rings is 1. The number of ether oxygens (including phenoxy) is 3. The van der Waals surface area contributed by atoms with Gasteiger partial charge >= 0.3 is 0 Å². The molecule has 1 aromatic heterocycles. The van der Waals surface area contributed by atoms with Crippen molar-refractivity contribution in [1.82, 2.24) is 9.88 Å². The van der Waals surface area contributed by atoms with E-state index in [9.17, 15) is 4.79 Å². The summed E-state index contributed by atoms with van der Waals surface area (Å²) in [6, 6.07) is 13.8. The quantitative estimate of drug-likeness (QED) is 0.605. The molecule has 2 aliphatic heterocycles. The van der Waals surface area contributed by atoms with Crippen LogP contribution in [-0.4, -0.2) is 48.6 Å². The Morgan fingerprint density at radius 3 is 2.80 bits per heavy atom. The zero-order valence-corrected chi connectivity index (χ0v) is 17.0. The number of pyridine rings is 1. The molecule has 2 aliphatic rings. The van der Waals surface area contributed by atoms with E-state index < -0.39 is 0 Å². The minimum atomic E-state index is -0.184. The highest BCUT2D eigenvalue weighted by Gasteiger charge is 2.34. The van der Waals surface area contributed by atoms with E-state index in [2.05, 4.69) is 9.88 Å². The summed E-state index contributed by atoms with van der Waals surface area (Å²) >= 11 is 0. The van der Waals surface area contributed by atoms with E-state index in [0.29, 0.717) is 31.1 Å². The van der Waals surface area contributed by atoms with Crippen LogP contribution in [0.2, 0.25) is 0 Å². The van der Waals surface area contributed by atoms with Crippen LogP contribution < -0.4 is 4.74 Å². The molecule has 1 saturated heterocycles. The van der Waals surface area contributed by atoms with Crippen molar-refractivity contribution in [3.8, 4) is 5.75 Å². The summed E-state index contributed by atoms with van der Waals surface area (Å²) in [7, 11) is 0. The van der Waals surface area contributed by atoms with Crippen LogP contribution in [0.1, 0.15) is 33.4 Å². The lowest BCUT2D eigenvalue weighted by atomic mass is 10.0. The van der Waals surface area contributed by atoms with Gasteiger partial charge in [-0.15, -0.1) is 0 Å². The number of carbonyl (C=O) groups excluding carboxylic acids is 1. The monoisotopic (exact) mass is 404 g/mol. The molecule has 0 N–H and O–H groups in total. The molecule has 5 rings (SSSR count). The topological polar surface area (TPSA) is 60.9 Å². The van der Waals surface area contributed by atoms with Gasteiger partial charge in [-0.3, -0.25) is 14.7 Å². The Morgan fingerprint density at radius 1 is 1.17 bits per heavy atom. The number of carbonyl (C=O) groups is 1. The summed E-state index contributed by atoms with van der Waals surface area (Å²) in [5, 5.41) is 2.16. The number of nitrogens with zero attached hydrogens (tertiary/aromatic N) is 2. The molecule has 6 heteroatoms. The SMILES string of the molecule is Cc1ncc2c(c1OCC(=O)c1ccc3ccccc3c1)C(N1CCOCC1)OC2. The maximum atomic E-state index is 12.9. The molecule has 1 unspecified atom stereocenters. The Kier molecular flexibility index (Phi) is 5.21. The van der Waals surface area contributed by atoms with Crippen LogP contribution in [0, 0.1) is 6.92 Å². The number of hydrogen-bond acceptors (Lipinski definition) is 6. The molecule has 30 heavy (non-hydrogen) atoms. The average molecular weight is 404 g/mol. The van der Waals surface area contributed by atoms with Crippen molar-refractivity contribution >= 4 is 16.6 Å². The Morgan fingerprint density at radius 2 is 1.97 bits per heavy atom. The molecular formula is C24H24N2O4. The fraction of sp³-hybridized carbons (Fsp3) is 0.333. The van der Waals surface area contributed by atoms with Crippen molar-refractivity contribution in [1.29, 1.82) is 0 Å². The second kappa shape index (κ2) is 8.14. The standard InChI is InChI=1S/C24H24N2O4/c1-16-23(22-20(13-25-16)14-30-24(22)26-8-10-28-11-9-26)29-15-21(27)19-7-6-17-4-2-3-5-18(17)12-19/h2-7,12-13,24H,8-11,14-15H2,1H3. The minimum Gasteiger partial charge on any atom is -0.483 e. The molecule has 154 valence electrons. The number of ketones is 1. The van der Waals surface area contributed by atoms with Gasteiger partial charge in [-0.05, 0) is 23.8 Å². The largest absolute Gasteiger partial charge is 0.483 e. The molecule has 0 bridgehead atoms. The third-order valence-corrected chi connectivity index (χ3v) is 5.77. The van der Waals surface area contributed by atoms with Gasteiger partial charge in [0.2, 0.25) is 0 Å². The Balaban J connectivity index is 1.38. The highest BCUT2D eigenvalue weighted by atomic mass is 16.5. The highest BCUT2D eigenvalue weighted by Crippen LogP contribution is 2.40. The first-order chi connectivity index (χ1) is 14.7. The lowest BCUT2D eigenvalue weighted by Crippen LogP contribution is -2.39. The molecule has 0 aliphatic carbocycles. The fourth-order valence-corrected chi connectivity index (χ4v) is 4.15. The van der Waals surface area contributed by atoms with Crippen LogP contribution in [0.4, 0.5) is 0 Å². The first-order valence-corrected chi connectivity index (χ1v) is 10.3. The van der Waals surface area contributed by atoms with Crippen molar-refractivity contribution in [3.05, 3.63) is 71.0 Å². The summed E-state index contributed by atoms with van der Waals surface area (Å²) in [6.45, 7) is 5.37. The number of aryl methyl sites for hydroxylation is 1. The second-order valence-electron chi connectivity index (χ2n) is 7.70. The number of Topliss-reactive ketones (excluding diaryl/α,β-unsaturated/α-hetero) is 1. The molecule has 2 aromatic carbocycles. The molecule has 6 nitrogen and oxygen atoms in total. The van der Waals surface area contributed by atoms with Crippen molar-refractivity contribution in [2.45, 2.75) is 19.8 Å². The normalized spacial score (nSPS) is 19.0. The van der Waals surface area contributed by atoms with E-state index in [1.54, 1.807) is 0 Å². The summed E-state index contributed by atoms with van der Waals surface area (Å²) in [6.07, 6.45) is 1.67. The number of hydrogen-bond donors (Lipinski definition) is 0. The van der Waals surface area contributed by atoms with Crippen LogP contribution in [0.3, 0.4) is 0 Å². The van der Waals surface area contributed by atoms with Gasteiger partial charge in [0.25, 0.3) is 0 Å². The van der Waals surface area contributed by atoms with Gasteiger partial charge in [0.15, 0.2) is 12.4 Å². The maximum Gasteiger partial charge on any atom is 0.200 e. The van der Waals surface area contributed by atoms with Crippen molar-refractivity contribution in [2.75, 3.05) is 32.9 Å². The third-order valence-electron chi connectivity index (χ3n) is 5.77. The van der Waals surface area contributed by atoms with Crippen LogP contribution in [-0.2, 0) is 16.1 Å². The van der Waals surface area contributed by atoms with Gasteiger partial charge in [0, 0.05) is 36.0 Å². The number of aromatic nitrogens is 1. The van der Waals surface area contributed by atoms with Crippen LogP contribution in [0.5, 0.6) is 5.75 Å². The minimum absolute atomic E-state index is 0.0346. The van der Waals surface area contributed by atoms with E-state index in [4.69, 9.17) is 14.2 Å². The van der Waals surface area contributed by atoms with Gasteiger partial charge in [-0.25, -0.2) is 0 Å². The summed E-state index contributed by atoms with van der Waals surface area (Å²) in [5.74, 6) is 0.607. The second-order valence-corrected chi connectivity index (χ2v) is 7.70. The first kappa shape index (κ1) is 19.2. The molecule has 0 radical (unpaired) electrons. The van der Waals surface area contributed by atoms with Crippen LogP contribution >= 0.6 is 0 Å². The zero-order valence-electron chi connectivity index (χ0n) is 17.0. The third kappa shape index (κ3) is 3.58. The Hall–Kier alpha value is -2.80. The van der Waals surface area contributed by atoms with E-state index in [1.165, 1.54) is 0 Å². The lowest BCUT2D eigenvalue weighted by Gasteiger charge is -2.32. The van der Waals surface area contributed by atoms with Gasteiger partial charge in [-0.1, -0.05) is 36.4 Å². The lowest BCUT2D eigenvalue weighted by molar-refractivity contribution is -0.0919. The van der Waals surface area contributed by atoms with E-state index in [-0.39, 0.29) is 18.6 Å². The Labute approximate surface area is 175 Å². The number of fused-ring (bicyclic) bond motifs is 2. The number of benzene rings is 2.